The zero-order chi connectivity index (χ0) is 31.6. The molecule has 2 saturated heterocycles. The van der Waals surface area contributed by atoms with Gasteiger partial charge in [0.05, 0.1) is 0 Å². The Hall–Kier alpha value is -2.65. The van der Waals surface area contributed by atoms with Gasteiger partial charge in [-0.05, 0) is 76.5 Å². The Morgan fingerprint density at radius 3 is 2.47 bits per heavy atom. The lowest BCUT2D eigenvalue weighted by atomic mass is 9.87. The van der Waals surface area contributed by atoms with E-state index in [1.165, 1.54) is 0 Å². The molecule has 0 radical (unpaired) electrons. The maximum Gasteiger partial charge on any atom is 0.410 e. The van der Waals surface area contributed by atoms with Gasteiger partial charge in [-0.2, -0.15) is 0 Å². The van der Waals surface area contributed by atoms with Crippen molar-refractivity contribution in [2.45, 2.75) is 97.4 Å². The van der Waals surface area contributed by atoms with Crippen molar-refractivity contribution in [3.8, 4) is 0 Å². The van der Waals surface area contributed by atoms with Gasteiger partial charge >= 0.3 is 12.1 Å². The molecule has 0 saturated carbocycles. The number of aliphatic hydroxyl groups is 1. The predicted molar refractivity (Wildman–Crippen MR) is 168 cm³/mol. The van der Waals surface area contributed by atoms with E-state index in [0.29, 0.717) is 32.4 Å². The first-order valence-electron chi connectivity index (χ1n) is 16.2. The fourth-order valence-corrected chi connectivity index (χ4v) is 5.86. The van der Waals surface area contributed by atoms with Gasteiger partial charge in [-0.25, -0.2) is 4.79 Å². The average Bonchev–Trinajstić information content (AvgIpc) is 3.50. The zero-order valence-corrected chi connectivity index (χ0v) is 27.3. The number of carbonyl (C=O) groups is 3. The van der Waals surface area contributed by atoms with Gasteiger partial charge < -0.3 is 29.3 Å². The van der Waals surface area contributed by atoms with Gasteiger partial charge in [-0.3, -0.25) is 9.59 Å². The molecule has 0 aromatic rings. The van der Waals surface area contributed by atoms with E-state index >= 15 is 0 Å². The second-order valence-corrected chi connectivity index (χ2v) is 13.4. The number of rotatable bonds is 7. The van der Waals surface area contributed by atoms with Gasteiger partial charge in [0.15, 0.2) is 6.10 Å². The number of ether oxygens (including phenoxy) is 2. The molecule has 3 rings (SSSR count). The Kier molecular flexibility index (Phi) is 13.3. The summed E-state index contributed by atoms with van der Waals surface area (Å²) in [4.78, 5) is 44.2. The van der Waals surface area contributed by atoms with E-state index in [-0.39, 0.29) is 36.1 Å². The highest BCUT2D eigenvalue weighted by Crippen LogP contribution is 2.29. The van der Waals surface area contributed by atoms with Crippen LogP contribution in [0.15, 0.2) is 36.0 Å². The first kappa shape index (κ1) is 34.8. The van der Waals surface area contributed by atoms with E-state index in [0.717, 1.165) is 51.0 Å². The molecule has 3 aliphatic heterocycles. The quantitative estimate of drug-likeness (QED) is 0.250. The molecule has 0 spiro atoms. The minimum absolute atomic E-state index is 0.000575. The van der Waals surface area contributed by atoms with Crippen molar-refractivity contribution in [3.05, 3.63) is 36.0 Å². The minimum atomic E-state index is -1.29. The van der Waals surface area contributed by atoms with Crippen molar-refractivity contribution < 1.29 is 29.0 Å². The van der Waals surface area contributed by atoms with Crippen LogP contribution in [0.1, 0.15) is 79.6 Å². The highest BCUT2D eigenvalue weighted by Gasteiger charge is 2.36. The zero-order valence-electron chi connectivity index (χ0n) is 27.3. The van der Waals surface area contributed by atoms with Crippen molar-refractivity contribution >= 4 is 18.0 Å². The van der Waals surface area contributed by atoms with Crippen LogP contribution in [0.3, 0.4) is 0 Å². The molecular weight excluding hydrogens is 546 g/mol. The number of nitrogens with zero attached hydrogens (tertiary/aromatic N) is 3. The maximum absolute atomic E-state index is 13.1. The third kappa shape index (κ3) is 11.1. The summed E-state index contributed by atoms with van der Waals surface area (Å²) in [6.45, 7) is 14.2. The fourth-order valence-electron chi connectivity index (χ4n) is 5.86. The van der Waals surface area contributed by atoms with Crippen LogP contribution in [0.25, 0.3) is 0 Å². The van der Waals surface area contributed by atoms with Gasteiger partial charge in [0.2, 0.25) is 5.91 Å². The van der Waals surface area contributed by atoms with Crippen molar-refractivity contribution in [2.75, 3.05) is 46.3 Å². The number of hydrogen-bond donors (Lipinski definition) is 1. The number of carbonyl (C=O) groups excluding carboxylic acids is 3. The maximum atomic E-state index is 13.1. The van der Waals surface area contributed by atoms with Crippen LogP contribution in [-0.4, -0.2) is 102 Å². The molecule has 2 amide bonds. The molecule has 242 valence electrons. The number of likely N-dealkylation sites (tertiary alicyclic amines) is 1. The van der Waals surface area contributed by atoms with Gasteiger partial charge in [-0.15, -0.1) is 0 Å². The summed E-state index contributed by atoms with van der Waals surface area (Å²) in [6.07, 6.45) is 12.7. The SMILES string of the molecule is C/C(=C\C=C\[C@@H](C)CCC(=O)N1CCCC1)[C@H]1OC(=O)C[C@H](C)CC[C@@](C)(O)[C@@H](OC(=O)N2CCN(C)CC2)/C=C/[C@@H]1C. The molecule has 0 aliphatic carbocycles. The third-order valence-electron chi connectivity index (χ3n) is 9.11. The van der Waals surface area contributed by atoms with E-state index in [9.17, 15) is 19.5 Å². The second-order valence-electron chi connectivity index (χ2n) is 13.4. The normalized spacial score (nSPS) is 31.7. The van der Waals surface area contributed by atoms with Gasteiger partial charge in [-0.1, -0.05) is 45.1 Å². The number of cyclic esters (lactones) is 1. The van der Waals surface area contributed by atoms with Crippen molar-refractivity contribution in [3.63, 3.8) is 0 Å². The van der Waals surface area contributed by atoms with Crippen LogP contribution in [0, 0.1) is 17.8 Å². The summed E-state index contributed by atoms with van der Waals surface area (Å²) >= 11 is 0. The lowest BCUT2D eigenvalue weighted by Gasteiger charge is -2.36. The molecule has 3 heterocycles. The first-order chi connectivity index (χ1) is 20.4. The van der Waals surface area contributed by atoms with E-state index in [2.05, 4.69) is 17.9 Å². The number of esters is 1. The highest BCUT2D eigenvalue weighted by atomic mass is 16.6. The summed E-state index contributed by atoms with van der Waals surface area (Å²) in [5.41, 5.74) is -0.393. The molecule has 3 aliphatic rings. The second kappa shape index (κ2) is 16.4. The highest BCUT2D eigenvalue weighted by molar-refractivity contribution is 5.76. The fraction of sp³-hybridized carbons (Fsp3) is 0.735. The number of hydrogen-bond acceptors (Lipinski definition) is 7. The van der Waals surface area contributed by atoms with E-state index < -0.39 is 23.9 Å². The smallest absolute Gasteiger partial charge is 0.410 e. The van der Waals surface area contributed by atoms with E-state index in [1.54, 1.807) is 17.9 Å². The van der Waals surface area contributed by atoms with Gasteiger partial charge in [0.1, 0.15) is 11.7 Å². The molecule has 2 fully saturated rings. The lowest BCUT2D eigenvalue weighted by molar-refractivity contribution is -0.150. The minimum Gasteiger partial charge on any atom is -0.457 e. The van der Waals surface area contributed by atoms with Crippen molar-refractivity contribution in [1.82, 2.24) is 14.7 Å². The molecule has 0 unspecified atom stereocenters. The van der Waals surface area contributed by atoms with Gasteiger partial charge in [0.25, 0.3) is 0 Å². The Morgan fingerprint density at radius 1 is 1.12 bits per heavy atom. The standard InChI is InChI=1S/C34H55N3O6/c1-25(12-15-30(38)36-18-7-8-19-36)10-9-11-27(3)32-28(4)13-14-29(42-33(40)37-22-20-35(6)21-23-37)34(5,41)17-16-26(2)24-31(39)43-32/h9-11,13-14,25-26,28-29,32,41H,7-8,12,15-24H2,1-6H3/b10-9+,14-13+,27-11+/t25-,26-,28+,29+,32-,34-/m1/s1. The van der Waals surface area contributed by atoms with Crippen LogP contribution >= 0.6 is 0 Å². The number of amides is 2. The molecule has 9 nitrogen and oxygen atoms in total. The van der Waals surface area contributed by atoms with Crippen LogP contribution in [0.2, 0.25) is 0 Å². The monoisotopic (exact) mass is 601 g/mol. The summed E-state index contributed by atoms with van der Waals surface area (Å²) in [5.74, 6) is -0.00168. The Labute approximate surface area is 258 Å². The molecule has 0 bridgehead atoms. The largest absolute Gasteiger partial charge is 0.457 e. The van der Waals surface area contributed by atoms with Crippen molar-refractivity contribution in [1.29, 1.82) is 0 Å². The number of likely N-dealkylation sites (N-methyl/N-ethyl adjacent to an activating group) is 1. The molecule has 0 aromatic carbocycles. The Balaban J connectivity index is 1.71. The summed E-state index contributed by atoms with van der Waals surface area (Å²) in [5, 5.41) is 11.4. The number of allylic oxidation sites excluding steroid dienone is 3. The van der Waals surface area contributed by atoms with Crippen LogP contribution < -0.4 is 0 Å². The predicted octanol–water partition coefficient (Wildman–Crippen LogP) is 4.96. The summed E-state index contributed by atoms with van der Waals surface area (Å²) < 4.78 is 11.9. The Bertz CT molecular complexity index is 1020. The molecule has 6 atom stereocenters. The molecule has 1 N–H and O–H groups in total. The third-order valence-corrected chi connectivity index (χ3v) is 9.11. The summed E-state index contributed by atoms with van der Waals surface area (Å²) in [6, 6.07) is 0. The van der Waals surface area contributed by atoms with Crippen LogP contribution in [0.5, 0.6) is 0 Å². The number of piperazine rings is 1. The Morgan fingerprint density at radius 2 is 1.79 bits per heavy atom. The molecular formula is C34H55N3O6. The average molecular weight is 602 g/mol. The van der Waals surface area contributed by atoms with Crippen LogP contribution in [-0.2, 0) is 19.1 Å². The molecule has 9 heteroatoms. The first-order valence-corrected chi connectivity index (χ1v) is 16.2. The molecule has 0 aromatic heterocycles. The van der Waals surface area contributed by atoms with E-state index in [4.69, 9.17) is 9.47 Å². The summed E-state index contributed by atoms with van der Waals surface area (Å²) in [7, 11) is 2.03. The molecule has 43 heavy (non-hydrogen) atoms. The van der Waals surface area contributed by atoms with Gasteiger partial charge in [0, 0.05) is 58.0 Å². The van der Waals surface area contributed by atoms with Crippen LogP contribution in [0.4, 0.5) is 4.79 Å². The van der Waals surface area contributed by atoms with Crippen molar-refractivity contribution in [2.24, 2.45) is 17.8 Å². The lowest BCUT2D eigenvalue weighted by Crippen LogP contribution is -2.50. The van der Waals surface area contributed by atoms with E-state index in [1.807, 2.05) is 50.9 Å². The topological polar surface area (TPSA) is 99.6 Å².